The van der Waals surface area contributed by atoms with E-state index in [1.165, 1.54) is 30.5 Å². The highest BCUT2D eigenvalue weighted by Gasteiger charge is 1.94. The third-order valence-electron chi connectivity index (χ3n) is 1.17. The molecule has 0 saturated carbocycles. The fraction of sp³-hybridized carbons (Fsp3) is 0.125. The number of pyridine rings is 1. The van der Waals surface area contributed by atoms with Gasteiger partial charge in [0, 0.05) is 6.20 Å². The average Bonchev–Trinajstić information content (AvgIpc) is 2.03. The predicted molar refractivity (Wildman–Crippen MR) is 40.3 cm³/mol. The first-order valence-corrected chi connectivity index (χ1v) is 3.22. The SMILES string of the molecule is OC/C=C/c1ncccc1F. The van der Waals surface area contributed by atoms with E-state index < -0.39 is 0 Å². The van der Waals surface area contributed by atoms with Crippen molar-refractivity contribution in [3.63, 3.8) is 0 Å². The van der Waals surface area contributed by atoms with Crippen LogP contribution < -0.4 is 0 Å². The summed E-state index contributed by atoms with van der Waals surface area (Å²) in [5.74, 6) is -0.378. The number of rotatable bonds is 2. The molecule has 0 aliphatic carbocycles. The first-order chi connectivity index (χ1) is 5.34. The molecule has 0 saturated heterocycles. The van der Waals surface area contributed by atoms with Crippen LogP contribution >= 0.6 is 0 Å². The van der Waals surface area contributed by atoms with Gasteiger partial charge in [0.1, 0.15) is 5.82 Å². The molecule has 1 rings (SSSR count). The van der Waals surface area contributed by atoms with Gasteiger partial charge in [-0.15, -0.1) is 0 Å². The van der Waals surface area contributed by atoms with Crippen LogP contribution in [0.3, 0.4) is 0 Å². The minimum atomic E-state index is -0.378. The molecule has 0 fully saturated rings. The van der Waals surface area contributed by atoms with Gasteiger partial charge in [0.05, 0.1) is 12.3 Å². The minimum absolute atomic E-state index is 0.101. The van der Waals surface area contributed by atoms with Crippen molar-refractivity contribution in [2.24, 2.45) is 0 Å². The van der Waals surface area contributed by atoms with Gasteiger partial charge in [0.2, 0.25) is 0 Å². The summed E-state index contributed by atoms with van der Waals surface area (Å²) >= 11 is 0. The van der Waals surface area contributed by atoms with Crippen LogP contribution in [-0.4, -0.2) is 16.7 Å². The molecule has 1 aromatic heterocycles. The Kier molecular flexibility index (Phi) is 2.74. The summed E-state index contributed by atoms with van der Waals surface area (Å²) in [6, 6.07) is 2.84. The van der Waals surface area contributed by atoms with Crippen LogP contribution in [0.15, 0.2) is 24.4 Å². The zero-order valence-electron chi connectivity index (χ0n) is 5.87. The Balaban J connectivity index is 2.86. The van der Waals surface area contributed by atoms with Gasteiger partial charge in [-0.1, -0.05) is 6.08 Å². The van der Waals surface area contributed by atoms with Crippen LogP contribution in [0.25, 0.3) is 6.08 Å². The second kappa shape index (κ2) is 3.83. The molecule has 0 amide bonds. The topological polar surface area (TPSA) is 33.1 Å². The first kappa shape index (κ1) is 7.88. The summed E-state index contributed by atoms with van der Waals surface area (Å²) in [4.78, 5) is 3.74. The lowest BCUT2D eigenvalue weighted by Gasteiger charge is -1.92. The summed E-state index contributed by atoms with van der Waals surface area (Å²) in [6.45, 7) is -0.101. The second-order valence-electron chi connectivity index (χ2n) is 1.96. The van der Waals surface area contributed by atoms with Gasteiger partial charge in [-0.25, -0.2) is 4.39 Å². The number of hydrogen-bond donors (Lipinski definition) is 1. The zero-order valence-corrected chi connectivity index (χ0v) is 5.87. The lowest BCUT2D eigenvalue weighted by Crippen LogP contribution is -1.85. The Morgan fingerprint density at radius 2 is 2.45 bits per heavy atom. The maximum absolute atomic E-state index is 12.7. The quantitative estimate of drug-likeness (QED) is 0.693. The minimum Gasteiger partial charge on any atom is -0.392 e. The molecular weight excluding hydrogens is 145 g/mol. The average molecular weight is 153 g/mol. The van der Waals surface area contributed by atoms with Crippen LogP contribution in [0.1, 0.15) is 5.69 Å². The van der Waals surface area contributed by atoms with Crippen LogP contribution in [0, 0.1) is 5.82 Å². The van der Waals surface area contributed by atoms with Crippen molar-refractivity contribution in [3.8, 4) is 0 Å². The molecular formula is C8H8FNO. The number of nitrogens with zero attached hydrogens (tertiary/aromatic N) is 1. The van der Waals surface area contributed by atoms with Crippen molar-refractivity contribution in [2.45, 2.75) is 0 Å². The van der Waals surface area contributed by atoms with Crippen molar-refractivity contribution in [2.75, 3.05) is 6.61 Å². The largest absolute Gasteiger partial charge is 0.392 e. The molecule has 58 valence electrons. The standard InChI is InChI=1S/C8H8FNO/c9-7-3-1-5-10-8(7)4-2-6-11/h1-5,11H,6H2/b4-2+. The van der Waals surface area contributed by atoms with Crippen molar-refractivity contribution >= 4 is 6.08 Å². The monoisotopic (exact) mass is 153 g/mol. The highest BCUT2D eigenvalue weighted by Crippen LogP contribution is 2.03. The van der Waals surface area contributed by atoms with Gasteiger partial charge >= 0.3 is 0 Å². The zero-order chi connectivity index (χ0) is 8.10. The van der Waals surface area contributed by atoms with E-state index in [0.717, 1.165) is 0 Å². The van der Waals surface area contributed by atoms with Gasteiger partial charge in [-0.3, -0.25) is 4.98 Å². The molecule has 0 atom stereocenters. The maximum atomic E-state index is 12.7. The predicted octanol–water partition coefficient (Wildman–Crippen LogP) is 1.23. The van der Waals surface area contributed by atoms with E-state index in [0.29, 0.717) is 0 Å². The smallest absolute Gasteiger partial charge is 0.148 e. The highest BCUT2D eigenvalue weighted by atomic mass is 19.1. The van der Waals surface area contributed by atoms with E-state index in [-0.39, 0.29) is 18.1 Å². The van der Waals surface area contributed by atoms with Crippen LogP contribution in [-0.2, 0) is 0 Å². The first-order valence-electron chi connectivity index (χ1n) is 3.22. The number of hydrogen-bond acceptors (Lipinski definition) is 2. The fourth-order valence-corrected chi connectivity index (χ4v) is 0.685. The summed E-state index contributed by atoms with van der Waals surface area (Å²) in [5, 5.41) is 8.38. The van der Waals surface area contributed by atoms with E-state index in [1.807, 2.05) is 0 Å². The molecule has 0 aromatic carbocycles. The summed E-state index contributed by atoms with van der Waals surface area (Å²) in [6.07, 6.45) is 4.38. The molecule has 11 heavy (non-hydrogen) atoms. The Labute approximate surface area is 64.0 Å². The van der Waals surface area contributed by atoms with Crippen LogP contribution in [0.2, 0.25) is 0 Å². The van der Waals surface area contributed by atoms with Gasteiger partial charge in [0.25, 0.3) is 0 Å². The van der Waals surface area contributed by atoms with Gasteiger partial charge in [0.15, 0.2) is 0 Å². The lowest BCUT2D eigenvalue weighted by atomic mass is 10.3. The Morgan fingerprint density at radius 1 is 1.64 bits per heavy atom. The fourth-order valence-electron chi connectivity index (χ4n) is 0.685. The molecule has 1 heterocycles. The Hall–Kier alpha value is -1.22. The lowest BCUT2D eigenvalue weighted by molar-refractivity contribution is 0.343. The highest BCUT2D eigenvalue weighted by molar-refractivity contribution is 5.44. The number of aliphatic hydroxyl groups excluding tert-OH is 1. The summed E-state index contributed by atoms with van der Waals surface area (Å²) in [5.41, 5.74) is 0.251. The van der Waals surface area contributed by atoms with E-state index in [2.05, 4.69) is 4.98 Å². The van der Waals surface area contributed by atoms with E-state index in [1.54, 1.807) is 0 Å². The molecule has 2 nitrogen and oxygen atoms in total. The number of aliphatic hydroxyl groups is 1. The molecule has 0 aliphatic heterocycles. The summed E-state index contributed by atoms with van der Waals surface area (Å²) < 4.78 is 12.7. The number of aromatic nitrogens is 1. The molecule has 1 aromatic rings. The van der Waals surface area contributed by atoms with Crippen LogP contribution in [0.4, 0.5) is 4.39 Å². The molecule has 0 bridgehead atoms. The Morgan fingerprint density at radius 3 is 3.09 bits per heavy atom. The van der Waals surface area contributed by atoms with Crippen LogP contribution in [0.5, 0.6) is 0 Å². The van der Waals surface area contributed by atoms with E-state index >= 15 is 0 Å². The number of halogens is 1. The molecule has 0 unspecified atom stereocenters. The van der Waals surface area contributed by atoms with Crippen molar-refractivity contribution in [3.05, 3.63) is 35.9 Å². The van der Waals surface area contributed by atoms with Crippen molar-refractivity contribution in [1.82, 2.24) is 4.98 Å². The molecule has 3 heteroatoms. The summed E-state index contributed by atoms with van der Waals surface area (Å²) in [7, 11) is 0. The van der Waals surface area contributed by atoms with Crippen molar-refractivity contribution in [1.29, 1.82) is 0 Å². The molecule has 1 N–H and O–H groups in total. The maximum Gasteiger partial charge on any atom is 0.148 e. The van der Waals surface area contributed by atoms with E-state index in [9.17, 15) is 4.39 Å². The van der Waals surface area contributed by atoms with Crippen molar-refractivity contribution < 1.29 is 9.50 Å². The molecule has 0 radical (unpaired) electrons. The van der Waals surface area contributed by atoms with E-state index in [4.69, 9.17) is 5.11 Å². The second-order valence-corrected chi connectivity index (χ2v) is 1.96. The van der Waals surface area contributed by atoms with Gasteiger partial charge < -0.3 is 5.11 Å². The molecule has 0 spiro atoms. The van der Waals surface area contributed by atoms with Gasteiger partial charge in [-0.2, -0.15) is 0 Å². The molecule has 0 aliphatic rings. The Bertz CT molecular complexity index is 260. The third kappa shape index (κ3) is 2.13. The third-order valence-corrected chi connectivity index (χ3v) is 1.17. The van der Waals surface area contributed by atoms with Gasteiger partial charge in [-0.05, 0) is 18.2 Å². The normalized spacial score (nSPS) is 10.7.